The van der Waals surface area contributed by atoms with E-state index in [1.165, 1.54) is 27.8 Å². The second kappa shape index (κ2) is 5.37. The summed E-state index contributed by atoms with van der Waals surface area (Å²) < 4.78 is 0. The first kappa shape index (κ1) is 12.3. The zero-order valence-electron chi connectivity index (χ0n) is 10.0. The van der Waals surface area contributed by atoms with Crippen LogP contribution < -0.4 is 0 Å². The van der Waals surface area contributed by atoms with Gasteiger partial charge in [0.1, 0.15) is 0 Å². The van der Waals surface area contributed by atoms with Crippen molar-refractivity contribution >= 4 is 17.7 Å². The molecule has 0 radical (unpaired) electrons. The van der Waals surface area contributed by atoms with Crippen LogP contribution in [0.3, 0.4) is 0 Å². The van der Waals surface area contributed by atoms with Crippen LogP contribution in [-0.2, 0) is 0 Å². The number of halogens is 1. The molecular weight excluding hydrogens is 204 g/mol. The number of rotatable bonds is 3. The Hall–Kier alpha value is -0.750. The Bertz CT molecular complexity index is 346. The first-order valence-corrected chi connectivity index (χ1v) is 5.95. The van der Waals surface area contributed by atoms with Gasteiger partial charge < -0.3 is 0 Å². The van der Waals surface area contributed by atoms with Gasteiger partial charge in [0.15, 0.2) is 0 Å². The predicted molar refractivity (Wildman–Crippen MR) is 69.6 cm³/mol. The van der Waals surface area contributed by atoms with Crippen LogP contribution in [0, 0.1) is 20.8 Å². The van der Waals surface area contributed by atoms with Crippen LogP contribution in [0.15, 0.2) is 17.7 Å². The van der Waals surface area contributed by atoms with Crippen molar-refractivity contribution in [3.8, 4) is 0 Å². The Kier molecular flexibility index (Phi) is 4.41. The highest BCUT2D eigenvalue weighted by Crippen LogP contribution is 2.20. The van der Waals surface area contributed by atoms with Crippen molar-refractivity contribution in [2.75, 3.05) is 5.88 Å². The molecule has 0 saturated heterocycles. The van der Waals surface area contributed by atoms with Crippen molar-refractivity contribution in [3.05, 3.63) is 40.0 Å². The van der Waals surface area contributed by atoms with Gasteiger partial charge in [-0.2, -0.15) is 0 Å². The molecule has 0 atom stereocenters. The molecule has 0 nitrogen and oxygen atoms in total. The van der Waals surface area contributed by atoms with Gasteiger partial charge in [-0.25, -0.2) is 0 Å². The molecule has 0 unspecified atom stereocenters. The lowest BCUT2D eigenvalue weighted by molar-refractivity contribution is 1.11. The Labute approximate surface area is 98.0 Å². The number of hydrogen-bond acceptors (Lipinski definition) is 0. The minimum absolute atomic E-state index is 0.628. The maximum atomic E-state index is 5.89. The number of benzene rings is 1. The fourth-order valence-corrected chi connectivity index (χ4v) is 2.12. The van der Waals surface area contributed by atoms with E-state index in [0.29, 0.717) is 5.88 Å². The van der Waals surface area contributed by atoms with Gasteiger partial charge in [0, 0.05) is 5.88 Å². The van der Waals surface area contributed by atoms with Gasteiger partial charge in [-0.1, -0.05) is 36.3 Å². The lowest BCUT2D eigenvalue weighted by Crippen LogP contribution is -1.91. The van der Waals surface area contributed by atoms with Gasteiger partial charge in [0.05, 0.1) is 0 Å². The minimum atomic E-state index is 0.628. The SMILES string of the molecule is CC/C(=C\c1c(C)cc(C)cc1C)CCl. The normalized spacial score (nSPS) is 11.9. The smallest absolute Gasteiger partial charge is 0.0436 e. The van der Waals surface area contributed by atoms with Crippen LogP contribution in [0.5, 0.6) is 0 Å². The quantitative estimate of drug-likeness (QED) is 0.654. The largest absolute Gasteiger partial charge is 0.122 e. The van der Waals surface area contributed by atoms with E-state index >= 15 is 0 Å². The van der Waals surface area contributed by atoms with E-state index in [1.807, 2.05) is 0 Å². The molecule has 0 aliphatic carbocycles. The lowest BCUT2D eigenvalue weighted by Gasteiger charge is -2.09. The summed E-state index contributed by atoms with van der Waals surface area (Å²) in [6.45, 7) is 8.60. The van der Waals surface area contributed by atoms with E-state index in [9.17, 15) is 0 Å². The molecule has 0 bridgehead atoms. The van der Waals surface area contributed by atoms with E-state index in [4.69, 9.17) is 11.6 Å². The maximum Gasteiger partial charge on any atom is 0.0436 e. The first-order valence-electron chi connectivity index (χ1n) is 5.41. The van der Waals surface area contributed by atoms with Crippen molar-refractivity contribution in [1.82, 2.24) is 0 Å². The first-order chi connectivity index (χ1) is 7.08. The minimum Gasteiger partial charge on any atom is -0.122 e. The van der Waals surface area contributed by atoms with Gasteiger partial charge in [-0.15, -0.1) is 11.6 Å². The Morgan fingerprint density at radius 1 is 1.20 bits per heavy atom. The zero-order valence-corrected chi connectivity index (χ0v) is 10.8. The summed E-state index contributed by atoms with van der Waals surface area (Å²) in [4.78, 5) is 0. The molecule has 1 aromatic rings. The number of allylic oxidation sites excluding steroid dienone is 1. The molecule has 0 amide bonds. The Balaban J connectivity index is 3.20. The van der Waals surface area contributed by atoms with Crippen LogP contribution in [0.1, 0.15) is 35.6 Å². The molecule has 0 aromatic heterocycles. The van der Waals surface area contributed by atoms with Crippen molar-refractivity contribution in [1.29, 1.82) is 0 Å². The molecule has 82 valence electrons. The molecule has 0 saturated carbocycles. The number of hydrogen-bond donors (Lipinski definition) is 0. The van der Waals surface area contributed by atoms with Crippen molar-refractivity contribution < 1.29 is 0 Å². The van der Waals surface area contributed by atoms with E-state index in [0.717, 1.165) is 6.42 Å². The molecule has 0 N–H and O–H groups in total. The highest BCUT2D eigenvalue weighted by Gasteiger charge is 2.02. The third kappa shape index (κ3) is 3.10. The van der Waals surface area contributed by atoms with E-state index in [1.54, 1.807) is 0 Å². The highest BCUT2D eigenvalue weighted by atomic mass is 35.5. The molecule has 15 heavy (non-hydrogen) atoms. The van der Waals surface area contributed by atoms with Crippen LogP contribution in [0.4, 0.5) is 0 Å². The molecule has 0 aliphatic heterocycles. The van der Waals surface area contributed by atoms with Crippen molar-refractivity contribution in [2.24, 2.45) is 0 Å². The number of aryl methyl sites for hydroxylation is 3. The molecule has 0 heterocycles. The molecule has 1 aromatic carbocycles. The average Bonchev–Trinajstić information content (AvgIpc) is 2.17. The summed E-state index contributed by atoms with van der Waals surface area (Å²) >= 11 is 5.89. The van der Waals surface area contributed by atoms with Gasteiger partial charge in [-0.05, 0) is 43.9 Å². The summed E-state index contributed by atoms with van der Waals surface area (Å²) in [5.74, 6) is 0.628. The predicted octanol–water partition coefficient (Wildman–Crippen LogP) is 4.64. The van der Waals surface area contributed by atoms with Gasteiger partial charge in [0.2, 0.25) is 0 Å². The van der Waals surface area contributed by atoms with Crippen LogP contribution in [0.25, 0.3) is 6.08 Å². The van der Waals surface area contributed by atoms with Crippen molar-refractivity contribution in [2.45, 2.75) is 34.1 Å². The summed E-state index contributed by atoms with van der Waals surface area (Å²) in [5, 5.41) is 0. The molecule has 0 fully saturated rings. The molecule has 1 rings (SSSR count). The van der Waals surface area contributed by atoms with Crippen LogP contribution in [0.2, 0.25) is 0 Å². The molecule has 0 aliphatic rings. The highest BCUT2D eigenvalue weighted by molar-refractivity contribution is 6.19. The second-order valence-electron chi connectivity index (χ2n) is 4.10. The van der Waals surface area contributed by atoms with Gasteiger partial charge in [-0.3, -0.25) is 0 Å². The standard InChI is InChI=1S/C14H19Cl/c1-5-13(9-15)8-14-11(3)6-10(2)7-12(14)4/h6-8H,5,9H2,1-4H3/b13-8+. The summed E-state index contributed by atoms with van der Waals surface area (Å²) in [6.07, 6.45) is 3.26. The van der Waals surface area contributed by atoms with E-state index < -0.39 is 0 Å². The zero-order chi connectivity index (χ0) is 11.4. The third-order valence-corrected chi connectivity index (χ3v) is 3.06. The van der Waals surface area contributed by atoms with Gasteiger partial charge >= 0.3 is 0 Å². The van der Waals surface area contributed by atoms with Crippen LogP contribution in [-0.4, -0.2) is 5.88 Å². The fourth-order valence-electron chi connectivity index (χ4n) is 1.86. The number of alkyl halides is 1. The summed E-state index contributed by atoms with van der Waals surface area (Å²) in [7, 11) is 0. The Morgan fingerprint density at radius 3 is 2.13 bits per heavy atom. The third-order valence-electron chi connectivity index (χ3n) is 2.71. The topological polar surface area (TPSA) is 0 Å². The molecular formula is C14H19Cl. The monoisotopic (exact) mass is 222 g/mol. The van der Waals surface area contributed by atoms with E-state index in [2.05, 4.69) is 45.9 Å². The molecule has 0 spiro atoms. The average molecular weight is 223 g/mol. The second-order valence-corrected chi connectivity index (χ2v) is 4.37. The lowest BCUT2D eigenvalue weighted by atomic mass is 9.97. The molecule has 1 heteroatoms. The van der Waals surface area contributed by atoms with Crippen LogP contribution >= 0.6 is 11.6 Å². The van der Waals surface area contributed by atoms with E-state index in [-0.39, 0.29) is 0 Å². The summed E-state index contributed by atoms with van der Waals surface area (Å²) in [6, 6.07) is 4.45. The Morgan fingerprint density at radius 2 is 1.73 bits per heavy atom. The fraction of sp³-hybridized carbons (Fsp3) is 0.429. The maximum absolute atomic E-state index is 5.89. The van der Waals surface area contributed by atoms with Crippen molar-refractivity contribution in [3.63, 3.8) is 0 Å². The van der Waals surface area contributed by atoms with Gasteiger partial charge in [0.25, 0.3) is 0 Å². The summed E-state index contributed by atoms with van der Waals surface area (Å²) in [5.41, 5.74) is 6.63.